The summed E-state index contributed by atoms with van der Waals surface area (Å²) in [6.07, 6.45) is 3.54. The third-order valence-electron chi connectivity index (χ3n) is 4.73. The van der Waals surface area contributed by atoms with Crippen molar-refractivity contribution in [1.29, 1.82) is 0 Å². The SMILES string of the molecule is C[C@@H]1CC[C@@H](NC(=O)[CH]C[C@H](C)C(N)=O)C(=O)CN1S(=O)(=O)c1ccccn1. The van der Waals surface area contributed by atoms with Gasteiger partial charge in [0.1, 0.15) is 0 Å². The topological polar surface area (TPSA) is 140 Å². The fraction of sp³-hybridized carbons (Fsp3) is 0.500. The van der Waals surface area contributed by atoms with Crippen LogP contribution < -0.4 is 11.1 Å². The molecule has 0 spiro atoms. The molecule has 153 valence electrons. The first-order valence-electron chi connectivity index (χ1n) is 9.01. The number of hydrogen-bond acceptors (Lipinski definition) is 6. The van der Waals surface area contributed by atoms with E-state index in [1.165, 1.54) is 18.7 Å². The molecule has 28 heavy (non-hydrogen) atoms. The molecule has 2 rings (SSSR count). The number of nitrogens with zero attached hydrogens (tertiary/aromatic N) is 2. The van der Waals surface area contributed by atoms with Crippen LogP contribution in [0, 0.1) is 12.3 Å². The molecular formula is C18H25N4O5S. The molecule has 2 heterocycles. The molecule has 2 amide bonds. The Hall–Kier alpha value is -2.33. The van der Waals surface area contributed by atoms with Crippen LogP contribution in [0.25, 0.3) is 0 Å². The highest BCUT2D eigenvalue weighted by molar-refractivity contribution is 7.89. The molecule has 1 aromatic rings. The standard InChI is InChI=1S/C18H25N4O5S/c1-12(18(19)25)6-9-16(24)21-14-8-7-13(2)22(11-15(14)23)28(26,27)17-5-3-4-10-20-17/h3-5,9-10,12-14H,6-8,11H2,1-2H3,(H2,19,25)(H,21,24)/t12-,13+,14+/m0/s1. The van der Waals surface area contributed by atoms with Crippen LogP contribution in [-0.4, -0.2) is 53.9 Å². The summed E-state index contributed by atoms with van der Waals surface area (Å²) in [6, 6.07) is 3.34. The number of pyridine rings is 1. The van der Waals surface area contributed by atoms with Crippen LogP contribution in [-0.2, 0) is 24.4 Å². The summed E-state index contributed by atoms with van der Waals surface area (Å²) in [7, 11) is -3.92. The minimum absolute atomic E-state index is 0.120. The van der Waals surface area contributed by atoms with Gasteiger partial charge in [-0.3, -0.25) is 14.4 Å². The lowest BCUT2D eigenvalue weighted by molar-refractivity contribution is -0.126. The number of carbonyl (C=O) groups is 3. The Labute approximate surface area is 164 Å². The predicted molar refractivity (Wildman–Crippen MR) is 101 cm³/mol. The molecule has 1 aliphatic rings. The van der Waals surface area contributed by atoms with Gasteiger partial charge in [-0.15, -0.1) is 0 Å². The lowest BCUT2D eigenvalue weighted by Crippen LogP contribution is -2.45. The van der Waals surface area contributed by atoms with Gasteiger partial charge in [0.25, 0.3) is 10.0 Å². The molecule has 0 aliphatic carbocycles. The van der Waals surface area contributed by atoms with E-state index in [0.717, 1.165) is 4.31 Å². The van der Waals surface area contributed by atoms with Crippen molar-refractivity contribution in [3.63, 3.8) is 0 Å². The van der Waals surface area contributed by atoms with Crippen LogP contribution in [0.5, 0.6) is 0 Å². The number of hydrogen-bond donors (Lipinski definition) is 2. The van der Waals surface area contributed by atoms with Crippen LogP contribution in [0.3, 0.4) is 0 Å². The molecule has 1 fully saturated rings. The van der Waals surface area contributed by atoms with Gasteiger partial charge in [-0.25, -0.2) is 13.4 Å². The Kier molecular flexibility index (Phi) is 7.25. The maximum atomic E-state index is 12.8. The normalized spacial score (nSPS) is 22.3. The van der Waals surface area contributed by atoms with E-state index >= 15 is 0 Å². The van der Waals surface area contributed by atoms with Gasteiger partial charge >= 0.3 is 0 Å². The molecule has 3 atom stereocenters. The average Bonchev–Trinajstić information content (AvgIpc) is 2.80. The number of carbonyl (C=O) groups excluding carboxylic acids is 3. The Morgan fingerprint density at radius 3 is 2.71 bits per heavy atom. The third-order valence-corrected chi connectivity index (χ3v) is 6.61. The zero-order chi connectivity index (χ0) is 20.9. The first-order chi connectivity index (χ1) is 13.1. The highest BCUT2D eigenvalue weighted by Gasteiger charge is 2.37. The van der Waals surface area contributed by atoms with E-state index in [2.05, 4.69) is 10.3 Å². The number of nitrogens with two attached hydrogens (primary N) is 1. The van der Waals surface area contributed by atoms with Crippen molar-refractivity contribution >= 4 is 27.6 Å². The summed E-state index contributed by atoms with van der Waals surface area (Å²) in [5.41, 5.74) is 5.16. The molecule has 1 aliphatic heterocycles. The van der Waals surface area contributed by atoms with Crippen molar-refractivity contribution in [2.45, 2.75) is 50.2 Å². The minimum atomic E-state index is -3.92. The highest BCUT2D eigenvalue weighted by atomic mass is 32.2. The van der Waals surface area contributed by atoms with Crippen LogP contribution >= 0.6 is 0 Å². The summed E-state index contributed by atoms with van der Waals surface area (Å²) in [5.74, 6) is -1.89. The second-order valence-corrected chi connectivity index (χ2v) is 8.75. The van der Waals surface area contributed by atoms with Gasteiger partial charge in [0, 0.05) is 18.2 Å². The quantitative estimate of drug-likeness (QED) is 0.651. The Morgan fingerprint density at radius 2 is 2.11 bits per heavy atom. The number of amides is 2. The van der Waals surface area contributed by atoms with E-state index in [-0.39, 0.29) is 18.0 Å². The number of ketones is 1. The van der Waals surface area contributed by atoms with Gasteiger partial charge in [-0.1, -0.05) is 13.0 Å². The second-order valence-electron chi connectivity index (χ2n) is 6.92. The van der Waals surface area contributed by atoms with Crippen molar-refractivity contribution in [2.24, 2.45) is 11.7 Å². The third kappa shape index (κ3) is 5.35. The number of aromatic nitrogens is 1. The lowest BCUT2D eigenvalue weighted by Gasteiger charge is -2.24. The number of rotatable bonds is 7. The maximum Gasteiger partial charge on any atom is 0.261 e. The van der Waals surface area contributed by atoms with E-state index in [1.54, 1.807) is 26.0 Å². The molecule has 0 unspecified atom stereocenters. The summed E-state index contributed by atoms with van der Waals surface area (Å²) < 4.78 is 26.8. The Morgan fingerprint density at radius 1 is 1.39 bits per heavy atom. The fourth-order valence-corrected chi connectivity index (χ4v) is 4.42. The molecule has 1 aromatic heterocycles. The Balaban J connectivity index is 2.05. The zero-order valence-corrected chi connectivity index (χ0v) is 16.7. The van der Waals surface area contributed by atoms with Crippen LogP contribution in [0.2, 0.25) is 0 Å². The van der Waals surface area contributed by atoms with E-state index in [0.29, 0.717) is 12.8 Å². The molecular weight excluding hydrogens is 384 g/mol. The molecule has 0 aromatic carbocycles. The van der Waals surface area contributed by atoms with E-state index in [1.807, 2.05) is 0 Å². The summed E-state index contributed by atoms with van der Waals surface area (Å²) in [4.78, 5) is 39.6. The highest BCUT2D eigenvalue weighted by Crippen LogP contribution is 2.22. The monoisotopic (exact) mass is 409 g/mol. The van der Waals surface area contributed by atoms with Crippen molar-refractivity contribution in [3.05, 3.63) is 30.8 Å². The molecule has 3 N–H and O–H groups in total. The van der Waals surface area contributed by atoms with Gasteiger partial charge in [0.15, 0.2) is 10.8 Å². The van der Waals surface area contributed by atoms with E-state index < -0.39 is 45.6 Å². The van der Waals surface area contributed by atoms with Crippen molar-refractivity contribution in [1.82, 2.24) is 14.6 Å². The fourth-order valence-electron chi connectivity index (χ4n) is 2.86. The van der Waals surface area contributed by atoms with E-state index in [4.69, 9.17) is 5.73 Å². The van der Waals surface area contributed by atoms with Crippen LogP contribution in [0.1, 0.15) is 33.1 Å². The summed E-state index contributed by atoms with van der Waals surface area (Å²) in [5, 5.41) is 2.48. The van der Waals surface area contributed by atoms with Crippen LogP contribution in [0.15, 0.2) is 29.4 Å². The first kappa shape index (κ1) is 22.0. The smallest absolute Gasteiger partial charge is 0.261 e. The number of nitrogens with one attached hydrogen (secondary N) is 1. The van der Waals surface area contributed by atoms with Crippen LogP contribution in [0.4, 0.5) is 0 Å². The van der Waals surface area contributed by atoms with Crippen molar-refractivity contribution < 1.29 is 22.8 Å². The molecule has 1 radical (unpaired) electrons. The second kappa shape index (κ2) is 9.24. The van der Waals surface area contributed by atoms with Gasteiger partial charge < -0.3 is 11.1 Å². The number of primary amides is 1. The summed E-state index contributed by atoms with van der Waals surface area (Å²) >= 11 is 0. The lowest BCUT2D eigenvalue weighted by atomic mass is 10.0. The van der Waals surface area contributed by atoms with Gasteiger partial charge in [0.05, 0.1) is 19.0 Å². The minimum Gasteiger partial charge on any atom is -0.369 e. The molecule has 0 saturated carbocycles. The molecule has 0 bridgehead atoms. The maximum absolute atomic E-state index is 12.8. The Bertz CT molecular complexity index is 828. The largest absolute Gasteiger partial charge is 0.369 e. The molecule has 9 nitrogen and oxygen atoms in total. The molecule has 1 saturated heterocycles. The van der Waals surface area contributed by atoms with Gasteiger partial charge in [0.2, 0.25) is 11.8 Å². The zero-order valence-electron chi connectivity index (χ0n) is 15.9. The van der Waals surface area contributed by atoms with Crippen molar-refractivity contribution in [2.75, 3.05) is 6.54 Å². The van der Waals surface area contributed by atoms with Gasteiger partial charge in [-0.2, -0.15) is 4.31 Å². The average molecular weight is 409 g/mol. The number of sulfonamides is 1. The number of Topliss-reactive ketones (excluding diaryl/α,β-unsaturated/α-hetero) is 1. The summed E-state index contributed by atoms with van der Waals surface area (Å²) in [6.45, 7) is 2.98. The van der Waals surface area contributed by atoms with Crippen molar-refractivity contribution in [3.8, 4) is 0 Å². The first-order valence-corrected chi connectivity index (χ1v) is 10.5. The predicted octanol–water partition coefficient (Wildman–Crippen LogP) is 0.0243. The molecule has 10 heteroatoms. The van der Waals surface area contributed by atoms with Gasteiger partial charge in [-0.05, 0) is 38.3 Å². The van der Waals surface area contributed by atoms with E-state index in [9.17, 15) is 22.8 Å².